The van der Waals surface area contributed by atoms with Crippen LogP contribution in [0.2, 0.25) is 0 Å². The quantitative estimate of drug-likeness (QED) is 0.447. The van der Waals surface area contributed by atoms with Crippen LogP contribution in [0.5, 0.6) is 0 Å². The van der Waals surface area contributed by atoms with Gasteiger partial charge in [-0.3, -0.25) is 18.6 Å². The monoisotopic (exact) mass is 435 g/mol. The van der Waals surface area contributed by atoms with E-state index in [2.05, 4.69) is 15.5 Å². The Hall–Kier alpha value is -3.13. The van der Waals surface area contributed by atoms with E-state index in [4.69, 9.17) is 0 Å². The number of carbonyl (C=O) groups excluding carboxylic acids is 1. The largest absolute Gasteiger partial charge is 0.349 e. The van der Waals surface area contributed by atoms with Gasteiger partial charge in [-0.05, 0) is 38.0 Å². The van der Waals surface area contributed by atoms with Crippen LogP contribution in [0.25, 0.3) is 16.7 Å². The molecule has 0 fully saturated rings. The molecule has 160 valence electrons. The molecule has 0 aliphatic rings. The van der Waals surface area contributed by atoms with Crippen molar-refractivity contribution >= 4 is 34.3 Å². The van der Waals surface area contributed by atoms with E-state index in [0.29, 0.717) is 22.9 Å². The first-order valence-electron chi connectivity index (χ1n) is 10.4. The van der Waals surface area contributed by atoms with Gasteiger partial charge in [-0.15, -0.1) is 10.2 Å². The van der Waals surface area contributed by atoms with Crippen molar-refractivity contribution in [3.63, 3.8) is 0 Å². The fourth-order valence-electron chi connectivity index (χ4n) is 3.60. The van der Waals surface area contributed by atoms with Gasteiger partial charge in [0.1, 0.15) is 0 Å². The van der Waals surface area contributed by atoms with Crippen molar-refractivity contribution in [2.24, 2.45) is 0 Å². The summed E-state index contributed by atoms with van der Waals surface area (Å²) in [6, 6.07) is 17.2. The zero-order valence-electron chi connectivity index (χ0n) is 17.8. The van der Waals surface area contributed by atoms with Crippen LogP contribution < -0.4 is 10.9 Å². The SMILES string of the molecule is CCCn1c(=O)c2ccccc2n2c(SC(C)C(=O)NC(C)c3ccccc3)nnc12. The molecule has 31 heavy (non-hydrogen) atoms. The predicted octanol–water partition coefficient (Wildman–Crippen LogP) is 3.81. The van der Waals surface area contributed by atoms with Gasteiger partial charge < -0.3 is 5.32 Å². The average Bonchev–Trinajstić information content (AvgIpc) is 3.20. The molecule has 2 unspecified atom stereocenters. The number of carbonyl (C=O) groups is 1. The molecule has 0 saturated carbocycles. The van der Waals surface area contributed by atoms with Crippen molar-refractivity contribution in [1.82, 2.24) is 24.5 Å². The van der Waals surface area contributed by atoms with E-state index in [-0.39, 0.29) is 22.8 Å². The number of nitrogens with zero attached hydrogens (tertiary/aromatic N) is 4. The van der Waals surface area contributed by atoms with Crippen LogP contribution in [0.4, 0.5) is 0 Å². The van der Waals surface area contributed by atoms with E-state index in [9.17, 15) is 9.59 Å². The third kappa shape index (κ3) is 4.07. The average molecular weight is 436 g/mol. The Balaban J connectivity index is 1.66. The van der Waals surface area contributed by atoms with Crippen molar-refractivity contribution in [2.45, 2.75) is 50.2 Å². The highest BCUT2D eigenvalue weighted by Gasteiger charge is 2.22. The number of aryl methyl sites for hydroxylation is 1. The maximum Gasteiger partial charge on any atom is 0.262 e. The molecule has 0 radical (unpaired) electrons. The minimum absolute atomic E-state index is 0.0728. The third-order valence-corrected chi connectivity index (χ3v) is 6.28. The predicted molar refractivity (Wildman–Crippen MR) is 123 cm³/mol. The van der Waals surface area contributed by atoms with E-state index in [1.54, 1.807) is 4.57 Å². The lowest BCUT2D eigenvalue weighted by atomic mass is 10.1. The molecule has 4 rings (SSSR count). The molecule has 0 aliphatic carbocycles. The second-order valence-electron chi connectivity index (χ2n) is 7.49. The normalized spacial score (nSPS) is 13.4. The smallest absolute Gasteiger partial charge is 0.262 e. The molecule has 2 aromatic carbocycles. The summed E-state index contributed by atoms with van der Waals surface area (Å²) in [5, 5.41) is 12.5. The first-order chi connectivity index (χ1) is 15.0. The highest BCUT2D eigenvalue weighted by Crippen LogP contribution is 2.26. The zero-order valence-corrected chi connectivity index (χ0v) is 18.6. The minimum Gasteiger partial charge on any atom is -0.349 e. The number of para-hydroxylation sites is 1. The lowest BCUT2D eigenvalue weighted by Crippen LogP contribution is -2.33. The van der Waals surface area contributed by atoms with Gasteiger partial charge in [-0.25, -0.2) is 0 Å². The summed E-state index contributed by atoms with van der Waals surface area (Å²) in [6.45, 7) is 6.39. The maximum atomic E-state index is 12.9. The van der Waals surface area contributed by atoms with Gasteiger partial charge in [0.15, 0.2) is 5.16 Å². The first-order valence-corrected chi connectivity index (χ1v) is 11.3. The highest BCUT2D eigenvalue weighted by atomic mass is 32.2. The minimum atomic E-state index is -0.385. The molecular weight excluding hydrogens is 410 g/mol. The Morgan fingerprint density at radius 3 is 2.52 bits per heavy atom. The second kappa shape index (κ2) is 8.93. The van der Waals surface area contributed by atoms with Crippen LogP contribution in [0.3, 0.4) is 0 Å². The molecule has 8 heteroatoms. The van der Waals surface area contributed by atoms with Gasteiger partial charge >= 0.3 is 0 Å². The Labute approximate surface area is 184 Å². The number of thioether (sulfide) groups is 1. The van der Waals surface area contributed by atoms with Gasteiger partial charge in [0.2, 0.25) is 11.7 Å². The number of fused-ring (bicyclic) bond motifs is 3. The van der Waals surface area contributed by atoms with Crippen LogP contribution in [-0.2, 0) is 11.3 Å². The number of hydrogen-bond acceptors (Lipinski definition) is 5. The highest BCUT2D eigenvalue weighted by molar-refractivity contribution is 8.00. The Morgan fingerprint density at radius 2 is 1.77 bits per heavy atom. The molecule has 0 saturated heterocycles. The Bertz CT molecular complexity index is 1280. The topological polar surface area (TPSA) is 81.3 Å². The van der Waals surface area contributed by atoms with E-state index in [0.717, 1.165) is 17.5 Å². The van der Waals surface area contributed by atoms with Gasteiger partial charge in [-0.2, -0.15) is 0 Å². The third-order valence-electron chi connectivity index (χ3n) is 5.24. The molecule has 2 aromatic heterocycles. The Kier molecular flexibility index (Phi) is 6.08. The van der Waals surface area contributed by atoms with Crippen molar-refractivity contribution in [1.29, 1.82) is 0 Å². The van der Waals surface area contributed by atoms with E-state index >= 15 is 0 Å². The molecule has 1 N–H and O–H groups in total. The van der Waals surface area contributed by atoms with Crippen LogP contribution in [0, 0.1) is 0 Å². The summed E-state index contributed by atoms with van der Waals surface area (Å²) < 4.78 is 3.53. The number of nitrogens with one attached hydrogen (secondary N) is 1. The standard InChI is InChI=1S/C23H25N5O2S/c1-4-14-27-21(30)18-12-8-9-13-19(18)28-22(27)25-26-23(28)31-16(3)20(29)24-15(2)17-10-6-5-7-11-17/h5-13,15-16H,4,14H2,1-3H3,(H,24,29). The van der Waals surface area contributed by atoms with Gasteiger partial charge in [0.25, 0.3) is 5.56 Å². The van der Waals surface area contributed by atoms with Crippen molar-refractivity contribution in [2.75, 3.05) is 0 Å². The molecule has 7 nitrogen and oxygen atoms in total. The van der Waals surface area contributed by atoms with E-state index < -0.39 is 0 Å². The van der Waals surface area contributed by atoms with Crippen LogP contribution >= 0.6 is 11.8 Å². The van der Waals surface area contributed by atoms with Crippen LogP contribution in [-0.4, -0.2) is 30.3 Å². The fourth-order valence-corrected chi connectivity index (χ4v) is 4.47. The second-order valence-corrected chi connectivity index (χ2v) is 8.80. The van der Waals surface area contributed by atoms with E-state index in [1.807, 2.05) is 79.8 Å². The molecule has 0 spiro atoms. The summed E-state index contributed by atoms with van der Waals surface area (Å²) in [4.78, 5) is 25.8. The van der Waals surface area contributed by atoms with Gasteiger partial charge in [-0.1, -0.05) is 61.2 Å². The van der Waals surface area contributed by atoms with E-state index in [1.165, 1.54) is 11.8 Å². The molecule has 4 aromatic rings. The lowest BCUT2D eigenvalue weighted by Gasteiger charge is -2.17. The Morgan fingerprint density at radius 1 is 1.06 bits per heavy atom. The van der Waals surface area contributed by atoms with Gasteiger partial charge in [0, 0.05) is 6.54 Å². The molecule has 2 heterocycles. The molecule has 0 bridgehead atoms. The molecule has 2 atom stereocenters. The van der Waals surface area contributed by atoms with Crippen molar-refractivity contribution in [3.05, 3.63) is 70.5 Å². The summed E-state index contributed by atoms with van der Waals surface area (Å²) in [5.74, 6) is 0.419. The molecular formula is C23H25N5O2S. The number of rotatable bonds is 7. The number of hydrogen-bond donors (Lipinski definition) is 1. The van der Waals surface area contributed by atoms with Gasteiger partial charge in [0.05, 0.1) is 22.2 Å². The van der Waals surface area contributed by atoms with Crippen LogP contribution in [0.15, 0.2) is 64.5 Å². The summed E-state index contributed by atoms with van der Waals surface area (Å²) in [6.07, 6.45) is 0.805. The van der Waals surface area contributed by atoms with Crippen LogP contribution in [0.1, 0.15) is 38.8 Å². The summed E-state index contributed by atoms with van der Waals surface area (Å²) in [5.41, 5.74) is 1.72. The fraction of sp³-hybridized carbons (Fsp3) is 0.304. The lowest BCUT2D eigenvalue weighted by molar-refractivity contribution is -0.120. The summed E-state index contributed by atoms with van der Waals surface area (Å²) >= 11 is 1.33. The molecule has 0 aliphatic heterocycles. The number of aromatic nitrogens is 4. The summed E-state index contributed by atoms with van der Waals surface area (Å²) in [7, 11) is 0. The first kappa shape index (κ1) is 21.1. The number of benzene rings is 2. The maximum absolute atomic E-state index is 12.9. The zero-order chi connectivity index (χ0) is 22.0. The van der Waals surface area contributed by atoms with Crippen molar-refractivity contribution < 1.29 is 4.79 Å². The molecule has 1 amide bonds. The number of amides is 1. The van der Waals surface area contributed by atoms with Crippen molar-refractivity contribution in [3.8, 4) is 0 Å².